The predicted molar refractivity (Wildman–Crippen MR) is 131 cm³/mol. The van der Waals surface area contributed by atoms with E-state index in [1.165, 1.54) is 42.5 Å². The van der Waals surface area contributed by atoms with Crippen molar-refractivity contribution >= 4 is 56.2 Å². The molecule has 0 atom stereocenters. The molecule has 0 radical (unpaired) electrons. The molecule has 1 amide bonds. The first kappa shape index (κ1) is 23.4. The van der Waals surface area contributed by atoms with E-state index in [4.69, 9.17) is 27.9 Å². The Balaban J connectivity index is 1.53. The van der Waals surface area contributed by atoms with Crippen LogP contribution in [0.1, 0.15) is 10.4 Å². The van der Waals surface area contributed by atoms with E-state index in [0.717, 1.165) is 18.8 Å². The number of carbonyl (C=O) groups is 1. The molecule has 0 unspecified atom stereocenters. The van der Waals surface area contributed by atoms with Crippen LogP contribution in [0.4, 0.5) is 17.1 Å². The number of anilines is 3. The Morgan fingerprint density at radius 3 is 2.18 bits per heavy atom. The third-order valence-corrected chi connectivity index (χ3v) is 6.96. The second-order valence-electron chi connectivity index (χ2n) is 7.35. The number of nitrogens with zero attached hydrogens (tertiary/aromatic N) is 1. The van der Waals surface area contributed by atoms with Gasteiger partial charge in [0.25, 0.3) is 15.9 Å². The highest BCUT2D eigenvalue weighted by Crippen LogP contribution is 2.26. The fourth-order valence-electron chi connectivity index (χ4n) is 3.39. The van der Waals surface area contributed by atoms with Gasteiger partial charge in [-0.15, -0.1) is 0 Å². The van der Waals surface area contributed by atoms with Crippen LogP contribution in [0.15, 0.2) is 71.6 Å². The molecule has 172 valence electrons. The first-order valence-electron chi connectivity index (χ1n) is 10.1. The molecule has 7 nitrogen and oxygen atoms in total. The number of carbonyl (C=O) groups excluding carboxylic acids is 1. The average molecular weight is 506 g/mol. The molecule has 1 aliphatic rings. The van der Waals surface area contributed by atoms with Crippen LogP contribution in [-0.2, 0) is 14.8 Å². The maximum Gasteiger partial charge on any atom is 0.261 e. The summed E-state index contributed by atoms with van der Waals surface area (Å²) in [5, 5.41) is 3.52. The van der Waals surface area contributed by atoms with Gasteiger partial charge in [0, 0.05) is 34.5 Å². The van der Waals surface area contributed by atoms with Crippen molar-refractivity contribution in [2.45, 2.75) is 4.90 Å². The molecule has 3 aromatic carbocycles. The van der Waals surface area contributed by atoms with E-state index in [2.05, 4.69) is 14.9 Å². The Kier molecular flexibility index (Phi) is 7.09. The zero-order chi connectivity index (χ0) is 23.4. The summed E-state index contributed by atoms with van der Waals surface area (Å²) in [6.07, 6.45) is 0. The van der Waals surface area contributed by atoms with Crippen molar-refractivity contribution in [3.63, 3.8) is 0 Å². The molecule has 1 heterocycles. The highest BCUT2D eigenvalue weighted by molar-refractivity contribution is 7.92. The molecule has 1 fully saturated rings. The largest absolute Gasteiger partial charge is 0.378 e. The van der Waals surface area contributed by atoms with Gasteiger partial charge >= 0.3 is 0 Å². The Hall–Kier alpha value is -2.78. The van der Waals surface area contributed by atoms with Gasteiger partial charge in [-0.05, 0) is 66.7 Å². The van der Waals surface area contributed by atoms with Gasteiger partial charge in [0.05, 0.1) is 29.4 Å². The third-order valence-electron chi connectivity index (χ3n) is 5.10. The van der Waals surface area contributed by atoms with Crippen LogP contribution < -0.4 is 14.9 Å². The van der Waals surface area contributed by atoms with E-state index < -0.39 is 15.9 Å². The van der Waals surface area contributed by atoms with Gasteiger partial charge in [0.2, 0.25) is 0 Å². The minimum absolute atomic E-state index is 0.0203. The molecule has 10 heteroatoms. The van der Waals surface area contributed by atoms with Crippen LogP contribution in [0, 0.1) is 0 Å². The number of hydrogen-bond donors (Lipinski definition) is 2. The molecule has 4 rings (SSSR count). The van der Waals surface area contributed by atoms with Crippen molar-refractivity contribution in [1.82, 2.24) is 0 Å². The fraction of sp³-hybridized carbons (Fsp3) is 0.174. The van der Waals surface area contributed by atoms with Crippen molar-refractivity contribution in [3.05, 3.63) is 82.3 Å². The quantitative estimate of drug-likeness (QED) is 0.498. The monoisotopic (exact) mass is 505 g/mol. The van der Waals surface area contributed by atoms with Crippen LogP contribution >= 0.6 is 23.2 Å². The molecule has 2 N–H and O–H groups in total. The summed E-state index contributed by atoms with van der Waals surface area (Å²) >= 11 is 11.9. The Morgan fingerprint density at radius 1 is 0.879 bits per heavy atom. The van der Waals surface area contributed by atoms with E-state index in [0.29, 0.717) is 28.9 Å². The van der Waals surface area contributed by atoms with Gasteiger partial charge in [-0.2, -0.15) is 0 Å². The van der Waals surface area contributed by atoms with E-state index in [1.54, 1.807) is 12.1 Å². The first-order valence-corrected chi connectivity index (χ1v) is 12.4. The topological polar surface area (TPSA) is 87.7 Å². The lowest BCUT2D eigenvalue weighted by Gasteiger charge is -2.28. The van der Waals surface area contributed by atoms with Gasteiger partial charge in [-0.3, -0.25) is 9.52 Å². The lowest BCUT2D eigenvalue weighted by atomic mass is 10.1. The lowest BCUT2D eigenvalue weighted by Crippen LogP contribution is -2.36. The van der Waals surface area contributed by atoms with E-state index in [9.17, 15) is 13.2 Å². The van der Waals surface area contributed by atoms with Crippen LogP contribution in [0.5, 0.6) is 0 Å². The molecule has 33 heavy (non-hydrogen) atoms. The first-order chi connectivity index (χ1) is 15.8. The van der Waals surface area contributed by atoms with E-state index in [-0.39, 0.29) is 16.1 Å². The molecule has 3 aromatic rings. The summed E-state index contributed by atoms with van der Waals surface area (Å²) in [4.78, 5) is 15.2. The zero-order valence-electron chi connectivity index (χ0n) is 17.4. The van der Waals surface area contributed by atoms with Crippen molar-refractivity contribution in [1.29, 1.82) is 0 Å². The summed E-state index contributed by atoms with van der Waals surface area (Å²) in [5.74, 6) is -0.495. The van der Waals surface area contributed by atoms with Crippen molar-refractivity contribution in [2.75, 3.05) is 41.2 Å². The van der Waals surface area contributed by atoms with Gasteiger partial charge < -0.3 is 15.0 Å². The number of nitrogens with one attached hydrogen (secondary N) is 2. The van der Waals surface area contributed by atoms with Gasteiger partial charge in [-0.25, -0.2) is 8.42 Å². The predicted octanol–water partition coefficient (Wildman–Crippen LogP) is 4.88. The van der Waals surface area contributed by atoms with Crippen molar-refractivity contribution < 1.29 is 17.9 Å². The van der Waals surface area contributed by atoms with Crippen LogP contribution in [-0.4, -0.2) is 40.6 Å². The SMILES string of the molecule is O=C(Nc1ccc(N2CCOCC2)cc1)c1cc(Cl)ccc1NS(=O)(=O)c1ccc(Cl)cc1. The number of amides is 1. The molecule has 0 bridgehead atoms. The highest BCUT2D eigenvalue weighted by atomic mass is 35.5. The van der Waals surface area contributed by atoms with Crippen LogP contribution in [0.2, 0.25) is 10.0 Å². The Labute approximate surface area is 202 Å². The summed E-state index contributed by atoms with van der Waals surface area (Å²) in [5.41, 5.74) is 1.81. The summed E-state index contributed by atoms with van der Waals surface area (Å²) in [7, 11) is -3.94. The fourth-order valence-corrected chi connectivity index (χ4v) is 4.76. The van der Waals surface area contributed by atoms with Gasteiger partial charge in [-0.1, -0.05) is 23.2 Å². The molecule has 0 aliphatic carbocycles. The minimum atomic E-state index is -3.94. The Bertz CT molecular complexity index is 1240. The van der Waals surface area contributed by atoms with Crippen LogP contribution in [0.3, 0.4) is 0 Å². The number of rotatable bonds is 6. The second-order valence-corrected chi connectivity index (χ2v) is 9.91. The second kappa shape index (κ2) is 10.0. The molecule has 0 saturated carbocycles. The molecule has 0 spiro atoms. The van der Waals surface area contributed by atoms with E-state index in [1.807, 2.05) is 12.1 Å². The normalized spacial score (nSPS) is 14.1. The molecule has 0 aromatic heterocycles. The smallest absolute Gasteiger partial charge is 0.261 e. The maximum atomic E-state index is 13.0. The van der Waals surface area contributed by atoms with Crippen molar-refractivity contribution in [2.24, 2.45) is 0 Å². The number of halogens is 2. The standard InChI is InChI=1S/C23H21Cl2N3O4S/c24-16-1-8-20(9-2-16)33(30,31)27-22-10-3-17(25)15-21(22)23(29)26-18-4-6-19(7-5-18)28-11-13-32-14-12-28/h1-10,15,27H,11-14H2,(H,26,29). The third kappa shape index (κ3) is 5.78. The molecular formula is C23H21Cl2N3O4S. The zero-order valence-corrected chi connectivity index (χ0v) is 19.8. The molecular weight excluding hydrogens is 485 g/mol. The number of morpholine rings is 1. The molecule has 1 saturated heterocycles. The highest BCUT2D eigenvalue weighted by Gasteiger charge is 2.20. The van der Waals surface area contributed by atoms with Crippen molar-refractivity contribution in [3.8, 4) is 0 Å². The van der Waals surface area contributed by atoms with Gasteiger partial charge in [0.15, 0.2) is 0 Å². The average Bonchev–Trinajstić information content (AvgIpc) is 2.81. The number of ether oxygens (including phenoxy) is 1. The van der Waals surface area contributed by atoms with E-state index >= 15 is 0 Å². The van der Waals surface area contributed by atoms with Crippen LogP contribution in [0.25, 0.3) is 0 Å². The summed E-state index contributed by atoms with van der Waals surface area (Å²) < 4.78 is 33.4. The maximum absolute atomic E-state index is 13.0. The number of hydrogen-bond acceptors (Lipinski definition) is 5. The minimum Gasteiger partial charge on any atom is -0.378 e. The molecule has 1 aliphatic heterocycles. The summed E-state index contributed by atoms with van der Waals surface area (Å²) in [6, 6.07) is 17.5. The van der Waals surface area contributed by atoms with Gasteiger partial charge in [0.1, 0.15) is 0 Å². The number of sulfonamides is 1. The summed E-state index contributed by atoms with van der Waals surface area (Å²) in [6.45, 7) is 2.99. The number of benzene rings is 3. The lowest BCUT2D eigenvalue weighted by molar-refractivity contribution is 0.102. The Morgan fingerprint density at radius 2 is 1.52 bits per heavy atom.